The maximum atomic E-state index is 11.8. The molecule has 0 bridgehead atoms. The normalized spacial score (nSPS) is 17.4. The fourth-order valence-electron chi connectivity index (χ4n) is 1.98. The van der Waals surface area contributed by atoms with Gasteiger partial charge in [-0.2, -0.15) is 8.42 Å². The summed E-state index contributed by atoms with van der Waals surface area (Å²) in [6, 6.07) is 2.78. The number of halogens is 1. The number of fused-ring (bicyclic) bond motifs is 1. The summed E-state index contributed by atoms with van der Waals surface area (Å²) < 4.78 is 37.5. The highest BCUT2D eigenvalue weighted by Crippen LogP contribution is 2.40. The summed E-state index contributed by atoms with van der Waals surface area (Å²) in [7, 11) is -3.70. The maximum Gasteiger partial charge on any atom is 0.326 e. The molecule has 2 rings (SSSR count). The highest BCUT2D eigenvalue weighted by molar-refractivity contribution is 9.10. The summed E-state index contributed by atoms with van der Waals surface area (Å²) in [6.07, 6.45) is 0.953. The van der Waals surface area contributed by atoms with Gasteiger partial charge in [-0.15, -0.1) is 0 Å². The minimum absolute atomic E-state index is 0.0363. The monoisotopic (exact) mass is 392 g/mol. The minimum Gasteiger partial charge on any atom is -0.465 e. The maximum absolute atomic E-state index is 11.8. The highest BCUT2D eigenvalue weighted by Gasteiger charge is 2.37. The van der Waals surface area contributed by atoms with Crippen LogP contribution < -0.4 is 8.92 Å². The van der Waals surface area contributed by atoms with Gasteiger partial charge in [0.2, 0.25) is 0 Å². The van der Waals surface area contributed by atoms with Gasteiger partial charge in [0.15, 0.2) is 11.7 Å². The van der Waals surface area contributed by atoms with Gasteiger partial charge in [0.05, 0.1) is 17.3 Å². The van der Waals surface area contributed by atoms with Crippen molar-refractivity contribution in [1.82, 2.24) is 0 Å². The van der Waals surface area contributed by atoms with Gasteiger partial charge >= 0.3 is 22.1 Å². The molecule has 1 aliphatic heterocycles. The number of carbonyl (C=O) groups is 2. The van der Waals surface area contributed by atoms with Crippen LogP contribution in [-0.2, 0) is 30.9 Å². The number of esters is 2. The van der Waals surface area contributed by atoms with E-state index in [-0.39, 0.29) is 24.5 Å². The first-order valence-electron chi connectivity index (χ1n) is 6.32. The zero-order chi connectivity index (χ0) is 16.5. The van der Waals surface area contributed by atoms with E-state index < -0.39 is 28.0 Å². The molecule has 1 heterocycles. The topological polar surface area (TPSA) is 96.0 Å². The van der Waals surface area contributed by atoms with Crippen LogP contribution in [0.25, 0.3) is 0 Å². The largest absolute Gasteiger partial charge is 0.465 e. The molecule has 120 valence electrons. The van der Waals surface area contributed by atoms with Gasteiger partial charge < -0.3 is 13.7 Å². The standard InChI is InChI=1S/C13H13BrO7S/c1-3-19-12(15)8-6-7-9(20-13(8)16)4-5-10(11(7)14)21-22(2,17)18/h4-5,8H,3,6H2,1-2H3. The molecule has 0 fully saturated rings. The molecule has 0 aromatic heterocycles. The van der Waals surface area contributed by atoms with Gasteiger partial charge in [-0.3, -0.25) is 9.59 Å². The Morgan fingerprint density at radius 2 is 2.14 bits per heavy atom. The number of hydrogen-bond donors (Lipinski definition) is 0. The van der Waals surface area contributed by atoms with E-state index in [2.05, 4.69) is 15.9 Å². The lowest BCUT2D eigenvalue weighted by Crippen LogP contribution is -2.35. The molecule has 22 heavy (non-hydrogen) atoms. The number of rotatable bonds is 4. The highest BCUT2D eigenvalue weighted by atomic mass is 79.9. The Labute approximate surface area is 135 Å². The van der Waals surface area contributed by atoms with Crippen LogP contribution >= 0.6 is 15.9 Å². The van der Waals surface area contributed by atoms with Crippen molar-refractivity contribution in [1.29, 1.82) is 0 Å². The fourth-order valence-corrected chi connectivity index (χ4v) is 3.13. The molecule has 1 aromatic rings. The lowest BCUT2D eigenvalue weighted by molar-refractivity contribution is -0.157. The molecular weight excluding hydrogens is 380 g/mol. The number of benzene rings is 1. The van der Waals surface area contributed by atoms with Gasteiger partial charge in [0.25, 0.3) is 0 Å². The fraction of sp³-hybridized carbons (Fsp3) is 0.385. The minimum atomic E-state index is -3.70. The number of carbonyl (C=O) groups excluding carboxylic acids is 2. The van der Waals surface area contributed by atoms with Crippen molar-refractivity contribution < 1.29 is 31.7 Å². The molecule has 0 radical (unpaired) electrons. The first kappa shape index (κ1) is 16.8. The van der Waals surface area contributed by atoms with E-state index in [4.69, 9.17) is 13.7 Å². The molecule has 1 unspecified atom stereocenters. The first-order chi connectivity index (χ1) is 10.2. The average Bonchev–Trinajstić information content (AvgIpc) is 2.40. The molecule has 7 nitrogen and oxygen atoms in total. The lowest BCUT2D eigenvalue weighted by atomic mass is 9.96. The summed E-state index contributed by atoms with van der Waals surface area (Å²) in [4.78, 5) is 23.6. The predicted octanol–water partition coefficient (Wildman–Crippen LogP) is 1.43. The van der Waals surface area contributed by atoms with Gasteiger partial charge in [0, 0.05) is 12.0 Å². The van der Waals surface area contributed by atoms with Crippen LogP contribution in [0.2, 0.25) is 0 Å². The molecule has 0 saturated carbocycles. The van der Waals surface area contributed by atoms with Crippen molar-refractivity contribution in [3.63, 3.8) is 0 Å². The molecular formula is C13H13BrO7S. The molecule has 0 aliphatic carbocycles. The molecule has 0 spiro atoms. The third kappa shape index (κ3) is 3.58. The first-order valence-corrected chi connectivity index (χ1v) is 8.93. The summed E-state index contributed by atoms with van der Waals surface area (Å²) in [5, 5.41) is 0. The van der Waals surface area contributed by atoms with Gasteiger partial charge in [0.1, 0.15) is 5.75 Å². The van der Waals surface area contributed by atoms with Crippen molar-refractivity contribution in [2.45, 2.75) is 13.3 Å². The Bertz CT molecular complexity index is 726. The molecule has 1 aromatic carbocycles. The third-order valence-electron chi connectivity index (χ3n) is 2.88. The van der Waals surface area contributed by atoms with Crippen LogP contribution in [-0.4, -0.2) is 33.2 Å². The second-order valence-electron chi connectivity index (χ2n) is 4.57. The zero-order valence-corrected chi connectivity index (χ0v) is 14.2. The zero-order valence-electron chi connectivity index (χ0n) is 11.8. The van der Waals surface area contributed by atoms with Gasteiger partial charge in [-0.25, -0.2) is 0 Å². The van der Waals surface area contributed by atoms with E-state index in [0.717, 1.165) is 6.26 Å². The summed E-state index contributed by atoms with van der Waals surface area (Å²) in [5.74, 6) is -2.16. The second kappa shape index (κ2) is 6.25. The average molecular weight is 393 g/mol. The van der Waals surface area contributed by atoms with Crippen molar-refractivity contribution >= 4 is 38.0 Å². The molecule has 9 heteroatoms. The summed E-state index contributed by atoms with van der Waals surface area (Å²) >= 11 is 3.22. The smallest absolute Gasteiger partial charge is 0.326 e. The SMILES string of the molecule is CCOC(=O)C1Cc2c(ccc(OS(C)(=O)=O)c2Br)OC1=O. The molecule has 1 aliphatic rings. The Morgan fingerprint density at radius 1 is 1.45 bits per heavy atom. The Kier molecular flexibility index (Phi) is 4.76. The third-order valence-corrected chi connectivity index (χ3v) is 4.23. The van der Waals surface area contributed by atoms with E-state index >= 15 is 0 Å². The molecule has 1 atom stereocenters. The molecule has 0 amide bonds. The van der Waals surface area contributed by atoms with Crippen LogP contribution in [0, 0.1) is 5.92 Å². The Hall–Kier alpha value is -1.61. The van der Waals surface area contributed by atoms with E-state index in [9.17, 15) is 18.0 Å². The summed E-state index contributed by atoms with van der Waals surface area (Å²) in [6.45, 7) is 1.78. The van der Waals surface area contributed by atoms with Crippen LogP contribution in [0.3, 0.4) is 0 Å². The van der Waals surface area contributed by atoms with Crippen molar-refractivity contribution in [3.8, 4) is 11.5 Å². The Morgan fingerprint density at radius 3 is 2.73 bits per heavy atom. The van der Waals surface area contributed by atoms with Crippen LogP contribution in [0.4, 0.5) is 0 Å². The van der Waals surface area contributed by atoms with E-state index in [1.807, 2.05) is 0 Å². The van der Waals surface area contributed by atoms with E-state index in [1.54, 1.807) is 6.92 Å². The quantitative estimate of drug-likeness (QED) is 0.331. The van der Waals surface area contributed by atoms with Crippen LogP contribution in [0.15, 0.2) is 16.6 Å². The van der Waals surface area contributed by atoms with E-state index in [1.165, 1.54) is 12.1 Å². The van der Waals surface area contributed by atoms with Crippen molar-refractivity contribution in [3.05, 3.63) is 22.2 Å². The number of ether oxygens (including phenoxy) is 2. The van der Waals surface area contributed by atoms with Crippen molar-refractivity contribution in [2.75, 3.05) is 12.9 Å². The van der Waals surface area contributed by atoms with Gasteiger partial charge in [-0.05, 0) is 35.0 Å². The molecule has 0 N–H and O–H groups in total. The number of hydrogen-bond acceptors (Lipinski definition) is 7. The van der Waals surface area contributed by atoms with Crippen molar-refractivity contribution in [2.24, 2.45) is 5.92 Å². The Balaban J connectivity index is 2.37. The summed E-state index contributed by atoms with van der Waals surface area (Å²) in [5.41, 5.74) is 0.471. The van der Waals surface area contributed by atoms with Gasteiger partial charge in [-0.1, -0.05) is 0 Å². The second-order valence-corrected chi connectivity index (χ2v) is 6.94. The molecule has 0 saturated heterocycles. The van der Waals surface area contributed by atoms with E-state index in [0.29, 0.717) is 10.0 Å². The van der Waals surface area contributed by atoms with Crippen LogP contribution in [0.1, 0.15) is 12.5 Å². The lowest BCUT2D eigenvalue weighted by Gasteiger charge is -2.23. The van der Waals surface area contributed by atoms with Crippen LogP contribution in [0.5, 0.6) is 11.5 Å². The predicted molar refractivity (Wildman–Crippen MR) is 79.1 cm³/mol.